The van der Waals surface area contributed by atoms with Gasteiger partial charge in [0, 0.05) is 13.2 Å². The van der Waals surface area contributed by atoms with Gasteiger partial charge in [0.05, 0.1) is 0 Å². The SMILES string of the molecule is C/C=C/[Si](/C=C/C)(OCC)OCC. The number of hydrogen-bond donors (Lipinski definition) is 0. The molecule has 3 heteroatoms. The van der Waals surface area contributed by atoms with E-state index in [2.05, 4.69) is 11.4 Å². The van der Waals surface area contributed by atoms with E-state index >= 15 is 0 Å². The molecule has 0 aromatic rings. The van der Waals surface area contributed by atoms with Crippen molar-refractivity contribution < 1.29 is 8.85 Å². The van der Waals surface area contributed by atoms with E-state index in [1.165, 1.54) is 0 Å². The zero-order chi connectivity index (χ0) is 10.2. The second-order valence-corrected chi connectivity index (χ2v) is 5.27. The van der Waals surface area contributed by atoms with Crippen LogP contribution in [0.25, 0.3) is 0 Å². The Morgan fingerprint density at radius 1 is 0.923 bits per heavy atom. The van der Waals surface area contributed by atoms with Gasteiger partial charge in [-0.05, 0) is 39.1 Å². The molecule has 0 aliphatic carbocycles. The second-order valence-electron chi connectivity index (χ2n) is 2.59. The number of allylic oxidation sites excluding steroid dienone is 2. The van der Waals surface area contributed by atoms with Crippen LogP contribution in [0.1, 0.15) is 27.7 Å². The van der Waals surface area contributed by atoms with Gasteiger partial charge in [-0.2, -0.15) is 0 Å². The van der Waals surface area contributed by atoms with Crippen LogP contribution in [0.15, 0.2) is 23.6 Å². The molecule has 2 nitrogen and oxygen atoms in total. The molecule has 0 rings (SSSR count). The summed E-state index contributed by atoms with van der Waals surface area (Å²) in [5.74, 6) is 0. The molecule has 0 aliphatic rings. The number of rotatable bonds is 6. The largest absolute Gasteiger partial charge is 0.391 e. The predicted octanol–water partition coefficient (Wildman–Crippen LogP) is 2.73. The van der Waals surface area contributed by atoms with E-state index in [4.69, 9.17) is 8.85 Å². The van der Waals surface area contributed by atoms with Gasteiger partial charge in [-0.15, -0.1) is 0 Å². The molecule has 0 saturated heterocycles. The van der Waals surface area contributed by atoms with Gasteiger partial charge in [0.2, 0.25) is 0 Å². The van der Waals surface area contributed by atoms with Crippen molar-refractivity contribution in [2.75, 3.05) is 13.2 Å². The summed E-state index contributed by atoms with van der Waals surface area (Å²) in [5.41, 5.74) is 4.11. The molecule has 0 saturated carbocycles. The standard InChI is InChI=1S/C10H20O2Si/c1-5-9-13(10-6-2,11-7-3)12-8-4/h5-6,9-10H,7-8H2,1-4H3/b9-5+,10-6+. The van der Waals surface area contributed by atoms with Crippen molar-refractivity contribution in [3.8, 4) is 0 Å². The predicted molar refractivity (Wildman–Crippen MR) is 58.6 cm³/mol. The van der Waals surface area contributed by atoms with Crippen LogP contribution in [0.4, 0.5) is 0 Å². The summed E-state index contributed by atoms with van der Waals surface area (Å²) in [5, 5.41) is 0. The van der Waals surface area contributed by atoms with Gasteiger partial charge >= 0.3 is 8.56 Å². The fraction of sp³-hybridized carbons (Fsp3) is 0.600. The Balaban J connectivity index is 4.57. The molecule has 0 heterocycles. The van der Waals surface area contributed by atoms with Crippen LogP contribution >= 0.6 is 0 Å². The lowest BCUT2D eigenvalue weighted by atomic mass is 10.8. The van der Waals surface area contributed by atoms with E-state index in [-0.39, 0.29) is 0 Å². The molecule has 0 aromatic carbocycles. The van der Waals surface area contributed by atoms with Gasteiger partial charge in [-0.1, -0.05) is 12.2 Å². The van der Waals surface area contributed by atoms with Crippen molar-refractivity contribution in [3.05, 3.63) is 23.6 Å². The van der Waals surface area contributed by atoms with Gasteiger partial charge in [-0.3, -0.25) is 0 Å². The van der Waals surface area contributed by atoms with Gasteiger partial charge in [0.15, 0.2) is 0 Å². The molecular weight excluding hydrogens is 180 g/mol. The Labute approximate surface area is 82.5 Å². The van der Waals surface area contributed by atoms with Crippen molar-refractivity contribution in [1.82, 2.24) is 0 Å². The first kappa shape index (κ1) is 12.6. The highest BCUT2D eigenvalue weighted by atomic mass is 28.4. The van der Waals surface area contributed by atoms with Gasteiger partial charge < -0.3 is 8.85 Å². The summed E-state index contributed by atoms with van der Waals surface area (Å²) in [7, 11) is -2.16. The minimum absolute atomic E-state index is 0.695. The fourth-order valence-corrected chi connectivity index (χ4v) is 3.62. The third-order valence-electron chi connectivity index (χ3n) is 1.54. The minimum atomic E-state index is -2.16. The molecule has 0 spiro atoms. The first-order valence-corrected chi connectivity index (χ1v) is 6.77. The molecule has 76 valence electrons. The van der Waals surface area contributed by atoms with Crippen LogP contribution in [-0.4, -0.2) is 21.8 Å². The quantitative estimate of drug-likeness (QED) is 0.614. The summed E-state index contributed by atoms with van der Waals surface area (Å²) in [4.78, 5) is 0. The summed E-state index contributed by atoms with van der Waals surface area (Å²) in [6.07, 6.45) is 4.00. The maximum Gasteiger partial charge on any atom is 0.391 e. The minimum Gasteiger partial charge on any atom is -0.389 e. The van der Waals surface area contributed by atoms with Gasteiger partial charge in [-0.25, -0.2) is 0 Å². The third-order valence-corrected chi connectivity index (χ3v) is 4.61. The van der Waals surface area contributed by atoms with Crippen molar-refractivity contribution in [3.63, 3.8) is 0 Å². The van der Waals surface area contributed by atoms with Crippen molar-refractivity contribution >= 4 is 8.56 Å². The Hall–Kier alpha value is -0.383. The average Bonchev–Trinajstić information content (AvgIpc) is 2.06. The highest BCUT2D eigenvalue weighted by Gasteiger charge is 2.30. The van der Waals surface area contributed by atoms with Crippen molar-refractivity contribution in [2.45, 2.75) is 27.7 Å². The van der Waals surface area contributed by atoms with E-state index in [0.717, 1.165) is 0 Å². The molecule has 0 aromatic heterocycles. The summed E-state index contributed by atoms with van der Waals surface area (Å²) in [6, 6.07) is 0. The van der Waals surface area contributed by atoms with Crippen molar-refractivity contribution in [1.29, 1.82) is 0 Å². The maximum atomic E-state index is 5.69. The van der Waals surface area contributed by atoms with E-state index < -0.39 is 8.56 Å². The molecule has 0 bridgehead atoms. The number of hydrogen-bond acceptors (Lipinski definition) is 2. The maximum absolute atomic E-state index is 5.69. The summed E-state index contributed by atoms with van der Waals surface area (Å²) >= 11 is 0. The molecule has 0 unspecified atom stereocenters. The Morgan fingerprint density at radius 3 is 1.54 bits per heavy atom. The molecule has 0 aliphatic heterocycles. The summed E-state index contributed by atoms with van der Waals surface area (Å²) in [6.45, 7) is 9.36. The Kier molecular flexibility index (Phi) is 6.85. The highest BCUT2D eigenvalue weighted by Crippen LogP contribution is 2.11. The lowest BCUT2D eigenvalue weighted by Gasteiger charge is -2.23. The normalized spacial score (nSPS) is 13.2. The van der Waals surface area contributed by atoms with Crippen LogP contribution in [0, 0.1) is 0 Å². The zero-order valence-corrected chi connectivity index (χ0v) is 10.0. The summed E-state index contributed by atoms with van der Waals surface area (Å²) < 4.78 is 11.4. The molecule has 13 heavy (non-hydrogen) atoms. The van der Waals surface area contributed by atoms with Gasteiger partial charge in [0.1, 0.15) is 0 Å². The second kappa shape index (κ2) is 7.06. The van der Waals surface area contributed by atoms with Crippen LogP contribution in [0.5, 0.6) is 0 Å². The van der Waals surface area contributed by atoms with Crippen LogP contribution in [-0.2, 0) is 8.85 Å². The van der Waals surface area contributed by atoms with E-state index in [9.17, 15) is 0 Å². The lowest BCUT2D eigenvalue weighted by Crippen LogP contribution is -2.38. The molecular formula is C10H20O2Si. The monoisotopic (exact) mass is 200 g/mol. The molecule has 0 amide bonds. The van der Waals surface area contributed by atoms with Crippen molar-refractivity contribution in [2.24, 2.45) is 0 Å². The van der Waals surface area contributed by atoms with Crippen LogP contribution in [0.2, 0.25) is 0 Å². The molecule has 0 N–H and O–H groups in total. The fourth-order valence-electron chi connectivity index (χ4n) is 1.21. The van der Waals surface area contributed by atoms with Crippen LogP contribution in [0.3, 0.4) is 0 Å². The lowest BCUT2D eigenvalue weighted by molar-refractivity contribution is 0.206. The zero-order valence-electron chi connectivity index (χ0n) is 9.04. The topological polar surface area (TPSA) is 18.5 Å². The van der Waals surface area contributed by atoms with E-state index in [1.807, 2.05) is 39.8 Å². The molecule has 0 fully saturated rings. The van der Waals surface area contributed by atoms with Gasteiger partial charge in [0.25, 0.3) is 0 Å². The average molecular weight is 200 g/mol. The van der Waals surface area contributed by atoms with Crippen LogP contribution < -0.4 is 0 Å². The molecule has 0 radical (unpaired) electrons. The van der Waals surface area contributed by atoms with E-state index in [1.54, 1.807) is 0 Å². The Bertz CT molecular complexity index is 156. The first-order chi connectivity index (χ1) is 6.24. The smallest absolute Gasteiger partial charge is 0.389 e. The van der Waals surface area contributed by atoms with E-state index in [0.29, 0.717) is 13.2 Å². The molecule has 0 atom stereocenters. The first-order valence-electron chi connectivity index (χ1n) is 4.80. The highest BCUT2D eigenvalue weighted by molar-refractivity contribution is 6.77. The Morgan fingerprint density at radius 2 is 1.31 bits per heavy atom. The third kappa shape index (κ3) is 4.41.